The monoisotopic (exact) mass is 281 g/mol. The third-order valence-corrected chi connectivity index (χ3v) is 3.47. The molecule has 0 aliphatic carbocycles. The van der Waals surface area contributed by atoms with Gasteiger partial charge in [0.25, 0.3) is 5.88 Å². The Bertz CT molecular complexity index is 692. The molecule has 0 fully saturated rings. The van der Waals surface area contributed by atoms with Gasteiger partial charge in [-0.05, 0) is 42.5 Å². The molecule has 0 saturated heterocycles. The number of hydrogen-bond acceptors (Lipinski definition) is 4. The number of rotatable bonds is 2. The van der Waals surface area contributed by atoms with Crippen molar-refractivity contribution in [3.05, 3.63) is 46.6 Å². The maximum Gasteiger partial charge on any atom is 0.257 e. The number of hydrogen-bond donors (Lipinski definition) is 0. The first kappa shape index (κ1) is 15.0. The molecule has 0 unspecified atom stereocenters. The summed E-state index contributed by atoms with van der Waals surface area (Å²) in [6.45, 7) is 10.1. The van der Waals surface area contributed by atoms with Crippen LogP contribution in [0.1, 0.15) is 43.2 Å². The van der Waals surface area contributed by atoms with E-state index in [9.17, 15) is 5.26 Å². The summed E-state index contributed by atoms with van der Waals surface area (Å²) in [5.41, 5.74) is 3.29. The standard InChI is InChI=1S/C17H19N3O/c1-11-12(2)19-20-16(15(11)10-18)21-14-8-6-13(7-9-14)17(3,4)5/h6-9H,1-5H3. The first-order chi connectivity index (χ1) is 9.82. The van der Waals surface area contributed by atoms with Crippen LogP contribution in [0.3, 0.4) is 0 Å². The zero-order chi connectivity index (χ0) is 15.6. The molecule has 21 heavy (non-hydrogen) atoms. The second-order valence-corrected chi connectivity index (χ2v) is 6.08. The summed E-state index contributed by atoms with van der Waals surface area (Å²) in [6, 6.07) is 9.96. The van der Waals surface area contributed by atoms with E-state index in [0.29, 0.717) is 11.3 Å². The molecule has 0 saturated carbocycles. The highest BCUT2D eigenvalue weighted by molar-refractivity contribution is 5.46. The number of nitrogens with zero attached hydrogens (tertiary/aromatic N) is 3. The fourth-order valence-electron chi connectivity index (χ4n) is 1.92. The number of benzene rings is 1. The lowest BCUT2D eigenvalue weighted by Crippen LogP contribution is -2.10. The van der Waals surface area contributed by atoms with Crippen LogP contribution in [-0.2, 0) is 5.41 Å². The van der Waals surface area contributed by atoms with Crippen LogP contribution in [0.5, 0.6) is 11.6 Å². The molecular formula is C17H19N3O. The summed E-state index contributed by atoms with van der Waals surface area (Å²) >= 11 is 0. The van der Waals surface area contributed by atoms with Crippen LogP contribution < -0.4 is 4.74 Å². The van der Waals surface area contributed by atoms with Gasteiger partial charge in [-0.3, -0.25) is 0 Å². The van der Waals surface area contributed by atoms with Gasteiger partial charge in [0.05, 0.1) is 5.69 Å². The molecule has 1 aromatic heterocycles. The fraction of sp³-hybridized carbons (Fsp3) is 0.353. The van der Waals surface area contributed by atoms with Crippen molar-refractivity contribution >= 4 is 0 Å². The normalized spacial score (nSPS) is 11.0. The predicted octanol–water partition coefficient (Wildman–Crippen LogP) is 4.05. The summed E-state index contributed by atoms with van der Waals surface area (Å²) in [6.07, 6.45) is 0. The van der Waals surface area contributed by atoms with Crippen LogP contribution in [0.25, 0.3) is 0 Å². The Kier molecular flexibility index (Phi) is 3.95. The first-order valence-electron chi connectivity index (χ1n) is 6.85. The Balaban J connectivity index is 2.31. The van der Waals surface area contributed by atoms with E-state index in [1.54, 1.807) is 0 Å². The summed E-state index contributed by atoms with van der Waals surface area (Å²) in [5, 5.41) is 17.3. The lowest BCUT2D eigenvalue weighted by Gasteiger charge is -2.19. The largest absolute Gasteiger partial charge is 0.437 e. The maximum atomic E-state index is 9.25. The summed E-state index contributed by atoms with van der Waals surface area (Å²) in [4.78, 5) is 0. The average Bonchev–Trinajstić information content (AvgIpc) is 2.43. The molecule has 0 aliphatic rings. The summed E-state index contributed by atoms with van der Waals surface area (Å²) in [7, 11) is 0. The topological polar surface area (TPSA) is 58.8 Å². The van der Waals surface area contributed by atoms with Crippen molar-refractivity contribution in [1.82, 2.24) is 10.2 Å². The predicted molar refractivity (Wildman–Crippen MR) is 81.4 cm³/mol. The first-order valence-corrected chi connectivity index (χ1v) is 6.85. The Labute approximate surface area is 125 Å². The highest BCUT2D eigenvalue weighted by Gasteiger charge is 2.15. The third kappa shape index (κ3) is 3.19. The van der Waals surface area contributed by atoms with Crippen molar-refractivity contribution in [3.63, 3.8) is 0 Å². The van der Waals surface area contributed by atoms with Gasteiger partial charge >= 0.3 is 0 Å². The van der Waals surface area contributed by atoms with E-state index >= 15 is 0 Å². The second-order valence-electron chi connectivity index (χ2n) is 6.08. The van der Waals surface area contributed by atoms with E-state index in [1.165, 1.54) is 5.56 Å². The minimum atomic E-state index is 0.0938. The minimum absolute atomic E-state index is 0.0938. The van der Waals surface area contributed by atoms with E-state index in [-0.39, 0.29) is 11.3 Å². The van der Waals surface area contributed by atoms with Gasteiger partial charge in [0.15, 0.2) is 0 Å². The van der Waals surface area contributed by atoms with Crippen LogP contribution in [0.4, 0.5) is 0 Å². The number of aryl methyl sites for hydroxylation is 1. The molecule has 1 aromatic carbocycles. The van der Waals surface area contributed by atoms with Crippen molar-refractivity contribution < 1.29 is 4.74 Å². The van der Waals surface area contributed by atoms with E-state index < -0.39 is 0 Å². The highest BCUT2D eigenvalue weighted by Crippen LogP contribution is 2.28. The lowest BCUT2D eigenvalue weighted by atomic mass is 9.87. The van der Waals surface area contributed by atoms with Gasteiger partial charge in [-0.15, -0.1) is 5.10 Å². The molecule has 0 spiro atoms. The van der Waals surface area contributed by atoms with Gasteiger partial charge in [-0.25, -0.2) is 0 Å². The Morgan fingerprint density at radius 3 is 2.19 bits per heavy atom. The molecule has 0 aliphatic heterocycles. The quantitative estimate of drug-likeness (QED) is 0.833. The number of aromatic nitrogens is 2. The SMILES string of the molecule is Cc1nnc(Oc2ccc(C(C)(C)C)cc2)c(C#N)c1C. The molecule has 4 nitrogen and oxygen atoms in total. The van der Waals surface area contributed by atoms with E-state index in [4.69, 9.17) is 4.74 Å². The average molecular weight is 281 g/mol. The van der Waals surface area contributed by atoms with Gasteiger partial charge in [-0.2, -0.15) is 10.4 Å². The molecule has 0 radical (unpaired) electrons. The molecule has 0 amide bonds. The van der Waals surface area contributed by atoms with E-state index in [0.717, 1.165) is 11.3 Å². The molecule has 4 heteroatoms. The molecule has 0 atom stereocenters. The Morgan fingerprint density at radius 1 is 1.05 bits per heavy atom. The molecule has 2 aromatic rings. The van der Waals surface area contributed by atoms with Crippen molar-refractivity contribution in [2.45, 2.75) is 40.0 Å². The van der Waals surface area contributed by atoms with Crippen molar-refractivity contribution in [2.24, 2.45) is 0 Å². The molecule has 0 N–H and O–H groups in total. The van der Waals surface area contributed by atoms with Crippen LogP contribution in [0, 0.1) is 25.2 Å². The molecule has 2 rings (SSSR count). The number of nitriles is 1. The third-order valence-electron chi connectivity index (χ3n) is 3.47. The molecule has 1 heterocycles. The summed E-state index contributed by atoms with van der Waals surface area (Å²) < 4.78 is 5.71. The molecule has 108 valence electrons. The maximum absolute atomic E-state index is 9.25. The Hall–Kier alpha value is -2.41. The zero-order valence-corrected chi connectivity index (χ0v) is 13.1. The van der Waals surface area contributed by atoms with Crippen LogP contribution in [0.2, 0.25) is 0 Å². The molecular weight excluding hydrogens is 262 g/mol. The minimum Gasteiger partial charge on any atom is -0.437 e. The Morgan fingerprint density at radius 2 is 1.67 bits per heavy atom. The smallest absolute Gasteiger partial charge is 0.257 e. The van der Waals surface area contributed by atoms with Gasteiger partial charge < -0.3 is 4.74 Å². The van der Waals surface area contributed by atoms with Crippen LogP contribution in [0.15, 0.2) is 24.3 Å². The van der Waals surface area contributed by atoms with Crippen LogP contribution >= 0.6 is 0 Å². The second kappa shape index (κ2) is 5.53. The van der Waals surface area contributed by atoms with Gasteiger partial charge in [0, 0.05) is 0 Å². The van der Waals surface area contributed by atoms with Gasteiger partial charge in [-0.1, -0.05) is 32.9 Å². The lowest BCUT2D eigenvalue weighted by molar-refractivity contribution is 0.451. The number of ether oxygens (including phenoxy) is 1. The fourth-order valence-corrected chi connectivity index (χ4v) is 1.92. The van der Waals surface area contributed by atoms with Crippen molar-refractivity contribution in [3.8, 4) is 17.7 Å². The van der Waals surface area contributed by atoms with E-state index in [2.05, 4.69) is 37.0 Å². The molecule has 0 bridgehead atoms. The van der Waals surface area contributed by atoms with Crippen molar-refractivity contribution in [2.75, 3.05) is 0 Å². The van der Waals surface area contributed by atoms with Crippen molar-refractivity contribution in [1.29, 1.82) is 5.26 Å². The zero-order valence-electron chi connectivity index (χ0n) is 13.1. The van der Waals surface area contributed by atoms with E-state index in [1.807, 2.05) is 38.1 Å². The summed E-state index contributed by atoms with van der Waals surface area (Å²) in [5.74, 6) is 0.904. The van der Waals surface area contributed by atoms with Gasteiger partial charge in [0.1, 0.15) is 17.4 Å². The highest BCUT2D eigenvalue weighted by atomic mass is 16.5. The van der Waals surface area contributed by atoms with Crippen LogP contribution in [-0.4, -0.2) is 10.2 Å². The van der Waals surface area contributed by atoms with Gasteiger partial charge in [0.2, 0.25) is 0 Å².